The number of aromatic amines is 1. The van der Waals surface area contributed by atoms with E-state index in [1.165, 1.54) is 5.56 Å². The fourth-order valence-corrected chi connectivity index (χ4v) is 1.88. The van der Waals surface area contributed by atoms with Gasteiger partial charge in [-0.3, -0.25) is 5.10 Å². The van der Waals surface area contributed by atoms with Crippen LogP contribution in [0.1, 0.15) is 12.5 Å². The molecule has 5 heteroatoms. The molecule has 0 bridgehead atoms. The molecule has 1 aromatic carbocycles. The van der Waals surface area contributed by atoms with E-state index in [0.717, 1.165) is 29.0 Å². The van der Waals surface area contributed by atoms with Gasteiger partial charge in [-0.25, -0.2) is 4.68 Å². The van der Waals surface area contributed by atoms with Crippen LogP contribution in [0, 0.1) is 6.92 Å². The van der Waals surface area contributed by atoms with Gasteiger partial charge in [-0.2, -0.15) is 5.10 Å². The predicted molar refractivity (Wildman–Crippen MR) is 65.5 cm³/mol. The molecule has 17 heavy (non-hydrogen) atoms. The van der Waals surface area contributed by atoms with E-state index < -0.39 is 0 Å². The number of hydrogen-bond acceptors (Lipinski definition) is 3. The van der Waals surface area contributed by atoms with Gasteiger partial charge in [0.1, 0.15) is 0 Å². The Labute approximate surface area is 98.5 Å². The molecule has 0 atom stereocenters. The summed E-state index contributed by atoms with van der Waals surface area (Å²) in [6, 6.07) is 8.28. The molecule has 3 aromatic rings. The molecular weight excluding hydrogens is 214 g/mol. The Bertz CT molecular complexity index is 647. The minimum atomic E-state index is 0.773. The Kier molecular flexibility index (Phi) is 2.18. The lowest BCUT2D eigenvalue weighted by Crippen LogP contribution is -1.96. The Morgan fingerprint density at radius 1 is 1.24 bits per heavy atom. The van der Waals surface area contributed by atoms with Crippen molar-refractivity contribution < 1.29 is 0 Å². The molecule has 2 aromatic heterocycles. The van der Waals surface area contributed by atoms with E-state index >= 15 is 0 Å². The van der Waals surface area contributed by atoms with Crippen molar-refractivity contribution in [1.82, 2.24) is 25.2 Å². The van der Waals surface area contributed by atoms with Crippen molar-refractivity contribution in [2.75, 3.05) is 0 Å². The van der Waals surface area contributed by atoms with Crippen LogP contribution < -0.4 is 0 Å². The molecule has 1 N–H and O–H groups in total. The Morgan fingerprint density at radius 2 is 2.00 bits per heavy atom. The zero-order chi connectivity index (χ0) is 11.8. The molecule has 0 aliphatic heterocycles. The molecular formula is C12H13N5. The number of fused-ring (bicyclic) bond motifs is 1. The highest BCUT2D eigenvalue weighted by atomic mass is 15.5. The van der Waals surface area contributed by atoms with Gasteiger partial charge in [0.2, 0.25) is 5.65 Å². The van der Waals surface area contributed by atoms with Crippen LogP contribution in [0.5, 0.6) is 0 Å². The molecule has 0 unspecified atom stereocenters. The summed E-state index contributed by atoms with van der Waals surface area (Å²) in [5.41, 5.74) is 4.89. The van der Waals surface area contributed by atoms with Crippen molar-refractivity contribution in [2.45, 2.75) is 20.4 Å². The van der Waals surface area contributed by atoms with E-state index in [4.69, 9.17) is 0 Å². The van der Waals surface area contributed by atoms with E-state index in [2.05, 4.69) is 51.7 Å². The molecule has 0 aliphatic carbocycles. The first-order chi connectivity index (χ1) is 8.29. The van der Waals surface area contributed by atoms with E-state index in [0.29, 0.717) is 0 Å². The summed E-state index contributed by atoms with van der Waals surface area (Å²) in [6.45, 7) is 4.86. The van der Waals surface area contributed by atoms with E-state index in [1.807, 2.05) is 6.92 Å². The number of aromatic nitrogens is 5. The van der Waals surface area contributed by atoms with Crippen molar-refractivity contribution in [2.24, 2.45) is 0 Å². The summed E-state index contributed by atoms with van der Waals surface area (Å²) in [4.78, 5) is 0. The zero-order valence-electron chi connectivity index (χ0n) is 9.81. The average Bonchev–Trinajstić information content (AvgIpc) is 2.91. The molecule has 0 spiro atoms. The van der Waals surface area contributed by atoms with Gasteiger partial charge in [0.25, 0.3) is 0 Å². The number of aryl methyl sites for hydroxylation is 2. The molecule has 5 nitrogen and oxygen atoms in total. The number of benzene rings is 1. The molecule has 0 saturated carbocycles. The smallest absolute Gasteiger partial charge is 0.200 e. The summed E-state index contributed by atoms with van der Waals surface area (Å²) in [5.74, 6) is 0. The van der Waals surface area contributed by atoms with Gasteiger partial charge in [0.05, 0.1) is 5.69 Å². The van der Waals surface area contributed by atoms with Crippen LogP contribution in [0.25, 0.3) is 22.4 Å². The molecule has 2 heterocycles. The highest BCUT2D eigenvalue weighted by Crippen LogP contribution is 2.24. The average molecular weight is 227 g/mol. The topological polar surface area (TPSA) is 59.4 Å². The minimum absolute atomic E-state index is 0.773. The van der Waals surface area contributed by atoms with E-state index in [9.17, 15) is 0 Å². The zero-order valence-corrected chi connectivity index (χ0v) is 9.81. The first-order valence-corrected chi connectivity index (χ1v) is 5.64. The third kappa shape index (κ3) is 1.51. The maximum Gasteiger partial charge on any atom is 0.200 e. The van der Waals surface area contributed by atoms with Crippen LogP contribution in [-0.2, 0) is 6.54 Å². The van der Waals surface area contributed by atoms with Crippen molar-refractivity contribution >= 4 is 11.2 Å². The monoisotopic (exact) mass is 227 g/mol. The number of nitrogens with zero attached hydrogens (tertiary/aromatic N) is 4. The maximum atomic E-state index is 4.26. The number of hydrogen-bond donors (Lipinski definition) is 1. The summed E-state index contributed by atoms with van der Waals surface area (Å²) in [5, 5.41) is 15.5. The van der Waals surface area contributed by atoms with Crippen LogP contribution in [0.15, 0.2) is 24.3 Å². The van der Waals surface area contributed by atoms with Crippen LogP contribution in [0.2, 0.25) is 0 Å². The predicted octanol–water partition coefficient (Wildman–Crippen LogP) is 2.15. The molecule has 0 amide bonds. The molecule has 0 radical (unpaired) electrons. The van der Waals surface area contributed by atoms with Crippen molar-refractivity contribution in [3.8, 4) is 11.3 Å². The second kappa shape index (κ2) is 3.69. The second-order valence-corrected chi connectivity index (χ2v) is 4.04. The maximum absolute atomic E-state index is 4.26. The molecule has 0 aliphatic rings. The third-order valence-corrected chi connectivity index (χ3v) is 2.86. The standard InChI is InChI=1S/C12H13N5/c1-3-17-12-11(14-16-17)10(13-15-12)9-6-4-8(2)5-7-9/h4-7H,3H2,1-2H3,(H,13,15). The second-order valence-electron chi connectivity index (χ2n) is 4.04. The van der Waals surface area contributed by atoms with Crippen LogP contribution in [0.3, 0.4) is 0 Å². The SMILES string of the molecule is CCn1nnc2c(-c3ccc(C)cc3)[nH]nc21. The fourth-order valence-electron chi connectivity index (χ4n) is 1.88. The van der Waals surface area contributed by atoms with Crippen molar-refractivity contribution in [3.63, 3.8) is 0 Å². The van der Waals surface area contributed by atoms with E-state index in [1.54, 1.807) is 4.68 Å². The Morgan fingerprint density at radius 3 is 2.71 bits per heavy atom. The largest absolute Gasteiger partial charge is 0.273 e. The van der Waals surface area contributed by atoms with Gasteiger partial charge >= 0.3 is 0 Å². The first kappa shape index (κ1) is 10.0. The lowest BCUT2D eigenvalue weighted by Gasteiger charge is -1.97. The lowest BCUT2D eigenvalue weighted by molar-refractivity contribution is 0.637. The highest BCUT2D eigenvalue weighted by Gasteiger charge is 2.13. The van der Waals surface area contributed by atoms with Gasteiger partial charge < -0.3 is 0 Å². The first-order valence-electron chi connectivity index (χ1n) is 5.64. The Hall–Kier alpha value is -2.17. The molecule has 0 fully saturated rings. The number of rotatable bonds is 2. The van der Waals surface area contributed by atoms with Crippen molar-refractivity contribution in [3.05, 3.63) is 29.8 Å². The molecule has 86 valence electrons. The lowest BCUT2D eigenvalue weighted by atomic mass is 10.1. The minimum Gasteiger partial charge on any atom is -0.273 e. The van der Waals surface area contributed by atoms with Crippen LogP contribution >= 0.6 is 0 Å². The van der Waals surface area contributed by atoms with Gasteiger partial charge in [0, 0.05) is 12.1 Å². The van der Waals surface area contributed by atoms with E-state index in [-0.39, 0.29) is 0 Å². The highest BCUT2D eigenvalue weighted by molar-refractivity contribution is 5.87. The summed E-state index contributed by atoms with van der Waals surface area (Å²) < 4.78 is 1.78. The number of H-pyrrole nitrogens is 1. The van der Waals surface area contributed by atoms with Crippen molar-refractivity contribution in [1.29, 1.82) is 0 Å². The fraction of sp³-hybridized carbons (Fsp3) is 0.250. The van der Waals surface area contributed by atoms with Gasteiger partial charge in [-0.15, -0.1) is 5.10 Å². The summed E-state index contributed by atoms with van der Waals surface area (Å²) >= 11 is 0. The normalized spacial score (nSPS) is 11.2. The van der Waals surface area contributed by atoms with Crippen LogP contribution in [0.4, 0.5) is 0 Å². The summed E-state index contributed by atoms with van der Waals surface area (Å²) in [7, 11) is 0. The number of nitrogens with one attached hydrogen (secondary N) is 1. The summed E-state index contributed by atoms with van der Waals surface area (Å²) in [6.07, 6.45) is 0. The molecule has 3 rings (SSSR count). The van der Waals surface area contributed by atoms with Gasteiger partial charge in [-0.05, 0) is 13.8 Å². The molecule has 0 saturated heterocycles. The third-order valence-electron chi connectivity index (χ3n) is 2.86. The van der Waals surface area contributed by atoms with Gasteiger partial charge in [0.15, 0.2) is 5.52 Å². The Balaban J connectivity index is 2.17. The quantitative estimate of drug-likeness (QED) is 0.729. The van der Waals surface area contributed by atoms with Gasteiger partial charge in [-0.1, -0.05) is 35.0 Å². The van der Waals surface area contributed by atoms with Crippen LogP contribution in [-0.4, -0.2) is 25.2 Å².